The molecule has 1 amide bonds. The fourth-order valence-corrected chi connectivity index (χ4v) is 4.18. The van der Waals surface area contributed by atoms with Gasteiger partial charge in [-0.1, -0.05) is 0 Å². The number of carbonyl (C=O) groups excluding carboxylic acids is 1. The summed E-state index contributed by atoms with van der Waals surface area (Å²) in [5.41, 5.74) is -0.0825. The molecular formula is C21H35NO6. The third-order valence-corrected chi connectivity index (χ3v) is 6.67. The van der Waals surface area contributed by atoms with E-state index < -0.39 is 0 Å². The molecule has 160 valence electrons. The average Bonchev–Trinajstić information content (AvgIpc) is 3.47. The molecule has 0 N–H and O–H groups in total. The van der Waals surface area contributed by atoms with E-state index in [4.69, 9.17) is 23.7 Å². The molecule has 0 saturated carbocycles. The minimum atomic E-state index is -0.322. The van der Waals surface area contributed by atoms with Crippen LogP contribution in [0.5, 0.6) is 0 Å². The summed E-state index contributed by atoms with van der Waals surface area (Å²) in [6, 6.07) is 0. The summed E-state index contributed by atoms with van der Waals surface area (Å²) in [6.45, 7) is 6.72. The Hall–Kier alpha value is -0.890. The fourth-order valence-electron chi connectivity index (χ4n) is 4.18. The molecule has 0 bridgehead atoms. The van der Waals surface area contributed by atoms with Gasteiger partial charge >= 0.3 is 6.09 Å². The highest BCUT2D eigenvalue weighted by Gasteiger charge is 2.54. The smallest absolute Gasteiger partial charge is 0.409 e. The zero-order valence-corrected chi connectivity index (χ0v) is 17.8. The predicted molar refractivity (Wildman–Crippen MR) is 102 cm³/mol. The topological polar surface area (TPSA) is 79.7 Å². The van der Waals surface area contributed by atoms with Crippen molar-refractivity contribution in [3.63, 3.8) is 0 Å². The third kappa shape index (κ3) is 4.99. The Morgan fingerprint density at radius 1 is 0.857 bits per heavy atom. The van der Waals surface area contributed by atoms with Crippen molar-refractivity contribution in [3.05, 3.63) is 0 Å². The van der Waals surface area contributed by atoms with E-state index in [2.05, 4.69) is 20.8 Å². The van der Waals surface area contributed by atoms with Crippen molar-refractivity contribution in [2.75, 3.05) is 20.7 Å². The number of ether oxygens (including phenoxy) is 5. The van der Waals surface area contributed by atoms with E-state index in [1.54, 1.807) is 14.1 Å². The zero-order chi connectivity index (χ0) is 20.1. The summed E-state index contributed by atoms with van der Waals surface area (Å²) in [5.74, 6) is 0. The van der Waals surface area contributed by atoms with Crippen LogP contribution < -0.4 is 0 Å². The monoisotopic (exact) mass is 397 g/mol. The molecule has 4 heterocycles. The van der Waals surface area contributed by atoms with Gasteiger partial charge < -0.3 is 28.6 Å². The molecule has 0 aromatic heterocycles. The molecule has 0 aromatic rings. The van der Waals surface area contributed by atoms with Crippen molar-refractivity contribution in [1.29, 1.82) is 0 Å². The summed E-state index contributed by atoms with van der Waals surface area (Å²) >= 11 is 0. The first-order valence-electron chi connectivity index (χ1n) is 10.7. The Kier molecular flexibility index (Phi) is 5.40. The highest BCUT2D eigenvalue weighted by Crippen LogP contribution is 2.44. The van der Waals surface area contributed by atoms with Gasteiger partial charge in [0.05, 0.1) is 41.7 Å². The van der Waals surface area contributed by atoms with Crippen molar-refractivity contribution in [3.8, 4) is 0 Å². The van der Waals surface area contributed by atoms with Crippen LogP contribution in [0, 0.1) is 0 Å². The van der Waals surface area contributed by atoms with Crippen molar-refractivity contribution in [2.45, 2.75) is 107 Å². The molecule has 28 heavy (non-hydrogen) atoms. The van der Waals surface area contributed by atoms with E-state index in [0.29, 0.717) is 37.1 Å². The molecule has 0 aromatic carbocycles. The van der Waals surface area contributed by atoms with Gasteiger partial charge in [-0.05, 0) is 59.3 Å². The van der Waals surface area contributed by atoms with Crippen LogP contribution in [0.15, 0.2) is 0 Å². The Balaban J connectivity index is 1.02. The quantitative estimate of drug-likeness (QED) is 0.499. The maximum absolute atomic E-state index is 11.5. The van der Waals surface area contributed by atoms with Gasteiger partial charge in [-0.15, -0.1) is 0 Å². The molecule has 0 radical (unpaired) electrons. The Morgan fingerprint density at radius 3 is 1.93 bits per heavy atom. The van der Waals surface area contributed by atoms with Crippen LogP contribution in [-0.2, 0) is 23.7 Å². The zero-order valence-electron chi connectivity index (χ0n) is 17.8. The van der Waals surface area contributed by atoms with E-state index in [0.717, 1.165) is 38.5 Å². The van der Waals surface area contributed by atoms with E-state index >= 15 is 0 Å². The molecule has 4 saturated heterocycles. The van der Waals surface area contributed by atoms with Gasteiger partial charge in [-0.25, -0.2) is 4.79 Å². The lowest BCUT2D eigenvalue weighted by molar-refractivity contribution is 0.110. The maximum Gasteiger partial charge on any atom is 0.409 e. The molecule has 4 aliphatic rings. The molecule has 7 atom stereocenters. The van der Waals surface area contributed by atoms with Crippen molar-refractivity contribution >= 4 is 6.09 Å². The Bertz CT molecular complexity index is 595. The van der Waals surface area contributed by atoms with Gasteiger partial charge in [-0.2, -0.15) is 0 Å². The van der Waals surface area contributed by atoms with Crippen LogP contribution in [-0.4, -0.2) is 79.5 Å². The minimum Gasteiger partial charge on any atom is -0.447 e. The number of carbonyl (C=O) groups is 1. The summed E-state index contributed by atoms with van der Waals surface area (Å²) in [5, 5.41) is 0. The first-order chi connectivity index (χ1) is 13.2. The lowest BCUT2D eigenvalue weighted by Crippen LogP contribution is -2.25. The number of hydrogen-bond acceptors (Lipinski definition) is 6. The van der Waals surface area contributed by atoms with Gasteiger partial charge in [0.2, 0.25) is 0 Å². The van der Waals surface area contributed by atoms with Crippen molar-refractivity contribution in [1.82, 2.24) is 4.90 Å². The average molecular weight is 398 g/mol. The van der Waals surface area contributed by atoms with Gasteiger partial charge in [0.15, 0.2) is 0 Å². The van der Waals surface area contributed by atoms with Gasteiger partial charge in [0, 0.05) is 14.1 Å². The van der Waals surface area contributed by atoms with Crippen LogP contribution in [0.3, 0.4) is 0 Å². The van der Waals surface area contributed by atoms with Crippen LogP contribution in [0.4, 0.5) is 4.79 Å². The number of nitrogens with zero attached hydrogens (tertiary/aromatic N) is 1. The fraction of sp³-hybridized carbons (Fsp3) is 0.952. The molecular weight excluding hydrogens is 362 g/mol. The SMILES string of the molecule is CN(C)C(=O)OC[C@@H]1O[C@@]1(C)CC[C@H]1O[C@@H]1CC[C@@H]1O[C@H]1CC[C@H]1OC1(C)C. The molecule has 4 fully saturated rings. The molecule has 4 rings (SSSR count). The number of amides is 1. The second kappa shape index (κ2) is 7.42. The summed E-state index contributed by atoms with van der Waals surface area (Å²) in [7, 11) is 3.36. The predicted octanol–water partition coefficient (Wildman–Crippen LogP) is 2.89. The first kappa shape index (κ1) is 20.4. The highest BCUT2D eigenvalue weighted by atomic mass is 16.6. The summed E-state index contributed by atoms with van der Waals surface area (Å²) < 4.78 is 28.2. The standard InChI is InChI=1S/C21H35NO6/c1-20(2)17(27-20)9-8-15-13(25-15)6-7-14-16(26-14)10-11-21(3)18(28-21)12-24-19(23)22(4)5/h13-18H,6-12H2,1-5H3/t13-,14+,15-,16+,17+,18-,21-/m0/s1. The van der Waals surface area contributed by atoms with Crippen LogP contribution in [0.25, 0.3) is 0 Å². The summed E-state index contributed by atoms with van der Waals surface area (Å²) in [4.78, 5) is 12.9. The Labute approximate surface area is 168 Å². The van der Waals surface area contributed by atoms with E-state index in [1.165, 1.54) is 4.90 Å². The van der Waals surface area contributed by atoms with E-state index in [9.17, 15) is 4.79 Å². The minimum absolute atomic E-state index is 0.00893. The van der Waals surface area contributed by atoms with Gasteiger partial charge in [0.1, 0.15) is 12.7 Å². The largest absolute Gasteiger partial charge is 0.447 e. The maximum atomic E-state index is 11.5. The van der Waals surface area contributed by atoms with Crippen molar-refractivity contribution < 1.29 is 28.5 Å². The molecule has 4 aliphatic heterocycles. The molecule has 0 spiro atoms. The van der Waals surface area contributed by atoms with Crippen LogP contribution in [0.2, 0.25) is 0 Å². The van der Waals surface area contributed by atoms with E-state index in [1.807, 2.05) is 0 Å². The number of epoxide rings is 4. The molecule has 7 heteroatoms. The molecule has 0 aliphatic carbocycles. The van der Waals surface area contributed by atoms with E-state index in [-0.39, 0.29) is 23.4 Å². The van der Waals surface area contributed by atoms with Crippen LogP contribution >= 0.6 is 0 Å². The summed E-state index contributed by atoms with van der Waals surface area (Å²) in [6.07, 6.45) is 8.04. The second-order valence-corrected chi connectivity index (χ2v) is 9.72. The number of hydrogen-bond donors (Lipinski definition) is 0. The number of rotatable bonds is 11. The molecule has 0 unspecified atom stereocenters. The lowest BCUT2D eigenvalue weighted by atomic mass is 9.98. The lowest BCUT2D eigenvalue weighted by Gasteiger charge is -2.10. The first-order valence-corrected chi connectivity index (χ1v) is 10.7. The third-order valence-electron chi connectivity index (χ3n) is 6.67. The highest BCUT2D eigenvalue weighted by molar-refractivity contribution is 5.66. The second-order valence-electron chi connectivity index (χ2n) is 9.72. The van der Waals surface area contributed by atoms with Gasteiger partial charge in [0.25, 0.3) is 0 Å². The molecule has 7 nitrogen and oxygen atoms in total. The van der Waals surface area contributed by atoms with Crippen molar-refractivity contribution in [2.24, 2.45) is 0 Å². The van der Waals surface area contributed by atoms with Gasteiger partial charge in [-0.3, -0.25) is 0 Å². The van der Waals surface area contributed by atoms with Crippen LogP contribution in [0.1, 0.15) is 59.3 Å². The Morgan fingerprint density at radius 2 is 1.39 bits per heavy atom. The normalized spacial score (nSPS) is 42.0.